The first kappa shape index (κ1) is 9.65. The van der Waals surface area contributed by atoms with Crippen LogP contribution in [0, 0.1) is 4.91 Å². The van der Waals surface area contributed by atoms with E-state index >= 15 is 0 Å². The van der Waals surface area contributed by atoms with Gasteiger partial charge in [0.1, 0.15) is 0 Å². The smallest absolute Gasteiger partial charge is 0.290 e. The summed E-state index contributed by atoms with van der Waals surface area (Å²) in [6.07, 6.45) is 0. The van der Waals surface area contributed by atoms with Crippen molar-refractivity contribution in [2.75, 3.05) is 5.73 Å². The summed E-state index contributed by atoms with van der Waals surface area (Å²) < 4.78 is 1.77. The van der Waals surface area contributed by atoms with Crippen LogP contribution in [0.15, 0.2) is 42.5 Å². The lowest BCUT2D eigenvalue weighted by molar-refractivity contribution is -0.433. The minimum atomic E-state index is 0.375. The van der Waals surface area contributed by atoms with Crippen molar-refractivity contribution in [1.82, 2.24) is 4.73 Å². The Morgan fingerprint density at radius 3 is 2.59 bits per heavy atom. The average molecular weight is 228 g/mol. The van der Waals surface area contributed by atoms with Crippen LogP contribution in [0.25, 0.3) is 22.1 Å². The summed E-state index contributed by atoms with van der Waals surface area (Å²) in [6.45, 7) is 0. The molecule has 0 aliphatic carbocycles. The molecule has 2 aromatic carbocycles. The maximum absolute atomic E-state index is 12.1. The summed E-state index contributed by atoms with van der Waals surface area (Å²) in [5, 5.41) is 10.1. The van der Waals surface area contributed by atoms with Gasteiger partial charge in [-0.15, -0.1) is 0 Å². The molecule has 5 heteroatoms. The van der Waals surface area contributed by atoms with Gasteiger partial charge in [-0.3, -0.25) is 0 Å². The first-order chi connectivity index (χ1) is 8.18. The zero-order valence-electron chi connectivity index (χ0n) is 8.87. The summed E-state index contributed by atoms with van der Waals surface area (Å²) in [5.74, 6) is 0. The fraction of sp³-hybridized carbons (Fsp3) is 0. The van der Waals surface area contributed by atoms with Gasteiger partial charge in [0.25, 0.3) is 11.0 Å². The van der Waals surface area contributed by atoms with Crippen LogP contribution in [0.1, 0.15) is 0 Å². The van der Waals surface area contributed by atoms with Gasteiger partial charge < -0.3 is 10.9 Å². The number of nitrogens with two attached hydrogens (primary N) is 1. The molecule has 0 atom stereocenters. The lowest BCUT2D eigenvalue weighted by Gasteiger charge is -2.03. The van der Waals surface area contributed by atoms with Crippen molar-refractivity contribution in [3.8, 4) is 0 Å². The van der Waals surface area contributed by atoms with E-state index in [-0.39, 0.29) is 0 Å². The Bertz CT molecular complexity index is 793. The van der Waals surface area contributed by atoms with Crippen molar-refractivity contribution in [3.05, 3.63) is 47.4 Å². The van der Waals surface area contributed by atoms with Crippen LogP contribution in [0.3, 0.4) is 0 Å². The van der Waals surface area contributed by atoms with Gasteiger partial charge in [0.15, 0.2) is 11.0 Å². The average Bonchev–Trinajstić information content (AvgIpc) is 2.36. The number of nitrogen functional groups attached to an aromatic ring is 1. The Morgan fingerprint density at radius 2 is 1.76 bits per heavy atom. The van der Waals surface area contributed by atoms with Gasteiger partial charge in [-0.05, 0) is 18.2 Å². The number of para-hydroxylation sites is 2. The largest absolute Gasteiger partial charge is 0.427 e. The molecule has 84 valence electrons. The lowest BCUT2D eigenvalue weighted by atomic mass is 10.2. The van der Waals surface area contributed by atoms with E-state index in [0.29, 0.717) is 27.8 Å². The van der Waals surface area contributed by atoms with Crippen LogP contribution in [0.2, 0.25) is 0 Å². The normalized spacial score (nSPS) is 11.1. The maximum Gasteiger partial charge on any atom is 0.290 e. The predicted molar refractivity (Wildman–Crippen MR) is 64.4 cm³/mol. The highest BCUT2D eigenvalue weighted by Crippen LogP contribution is 2.18. The number of benzene rings is 2. The molecular formula is C12H10N3O2+. The quantitative estimate of drug-likeness (QED) is 0.265. The van der Waals surface area contributed by atoms with Crippen molar-refractivity contribution in [3.63, 3.8) is 0 Å². The van der Waals surface area contributed by atoms with Gasteiger partial charge in [-0.25, -0.2) is 0 Å². The molecule has 3 N–H and O–H groups in total. The van der Waals surface area contributed by atoms with Gasteiger partial charge >= 0.3 is 0 Å². The fourth-order valence-corrected chi connectivity index (χ4v) is 1.96. The van der Waals surface area contributed by atoms with E-state index in [4.69, 9.17) is 5.73 Å². The number of fused-ring (bicyclic) bond motifs is 2. The standard InChI is InChI=1S/C12H10N3O2/c13-8-5-6-11-12(7-8)15(17)10-4-2-1-3-9(10)14(11)16/h1-7,17H,13H2/q+1. The third-order valence-corrected chi connectivity index (χ3v) is 2.78. The number of nitrogens with zero attached hydrogens (tertiary/aromatic N) is 2. The molecule has 0 spiro atoms. The summed E-state index contributed by atoms with van der Waals surface area (Å²) in [5.41, 5.74) is 7.76. The second-order valence-electron chi connectivity index (χ2n) is 3.84. The Labute approximate surface area is 95.9 Å². The van der Waals surface area contributed by atoms with E-state index in [1.165, 1.54) is 0 Å². The highest BCUT2D eigenvalue weighted by atomic mass is 16.5. The van der Waals surface area contributed by atoms with Crippen LogP contribution < -0.4 is 10.2 Å². The van der Waals surface area contributed by atoms with Crippen molar-refractivity contribution in [2.24, 2.45) is 0 Å². The Hall–Kier alpha value is -2.56. The van der Waals surface area contributed by atoms with Gasteiger partial charge in [0.05, 0.1) is 4.43 Å². The second kappa shape index (κ2) is 3.21. The van der Waals surface area contributed by atoms with Crippen molar-refractivity contribution >= 4 is 27.8 Å². The van der Waals surface area contributed by atoms with Gasteiger partial charge in [0.2, 0.25) is 0 Å². The zero-order chi connectivity index (χ0) is 12.0. The van der Waals surface area contributed by atoms with Crippen LogP contribution >= 0.6 is 0 Å². The molecule has 0 aliphatic rings. The molecule has 0 fully saturated rings. The van der Waals surface area contributed by atoms with Gasteiger partial charge in [0, 0.05) is 22.7 Å². The summed E-state index contributed by atoms with van der Waals surface area (Å²) in [7, 11) is 0. The molecular weight excluding hydrogens is 218 g/mol. The van der Waals surface area contributed by atoms with Crippen molar-refractivity contribution < 1.29 is 9.63 Å². The molecule has 0 saturated carbocycles. The number of aromatic nitrogens is 2. The number of anilines is 1. The summed E-state index contributed by atoms with van der Waals surface area (Å²) >= 11 is 0. The lowest BCUT2D eigenvalue weighted by Crippen LogP contribution is -2.20. The van der Waals surface area contributed by atoms with E-state index in [2.05, 4.69) is 0 Å². The summed E-state index contributed by atoms with van der Waals surface area (Å²) in [4.78, 5) is 12.1. The molecule has 0 unspecified atom stereocenters. The Morgan fingerprint density at radius 1 is 1.06 bits per heavy atom. The molecule has 5 nitrogen and oxygen atoms in total. The van der Waals surface area contributed by atoms with Crippen LogP contribution in [0.4, 0.5) is 5.69 Å². The second-order valence-corrected chi connectivity index (χ2v) is 3.84. The van der Waals surface area contributed by atoms with Crippen LogP contribution in [-0.4, -0.2) is 9.94 Å². The van der Waals surface area contributed by atoms with E-state index in [1.54, 1.807) is 42.5 Å². The van der Waals surface area contributed by atoms with Crippen molar-refractivity contribution in [1.29, 1.82) is 0 Å². The summed E-state index contributed by atoms with van der Waals surface area (Å²) in [6, 6.07) is 11.6. The van der Waals surface area contributed by atoms with E-state index in [9.17, 15) is 10.1 Å². The Balaban J connectivity index is 2.68. The highest BCUT2D eigenvalue weighted by molar-refractivity contribution is 5.83. The topological polar surface area (TPSA) is 74.2 Å². The predicted octanol–water partition coefficient (Wildman–Crippen LogP) is 1.53. The third-order valence-electron chi connectivity index (χ3n) is 2.78. The molecule has 3 aromatic rings. The molecule has 0 bridgehead atoms. The molecule has 17 heavy (non-hydrogen) atoms. The van der Waals surface area contributed by atoms with E-state index in [0.717, 1.165) is 9.16 Å². The van der Waals surface area contributed by atoms with Crippen molar-refractivity contribution in [2.45, 2.75) is 0 Å². The van der Waals surface area contributed by atoms with E-state index in [1.807, 2.05) is 0 Å². The zero-order valence-corrected chi connectivity index (χ0v) is 8.87. The molecule has 0 amide bonds. The van der Waals surface area contributed by atoms with Crippen LogP contribution in [0.5, 0.6) is 0 Å². The molecule has 0 saturated heterocycles. The first-order valence-electron chi connectivity index (χ1n) is 5.13. The third kappa shape index (κ3) is 1.25. The highest BCUT2D eigenvalue weighted by Gasteiger charge is 2.17. The number of hydrogen-bond donors (Lipinski definition) is 2. The van der Waals surface area contributed by atoms with Gasteiger partial charge in [-0.1, -0.05) is 12.1 Å². The first-order valence-corrected chi connectivity index (χ1v) is 5.13. The molecule has 3 rings (SSSR count). The number of hydrogen-bond acceptors (Lipinski definition) is 3. The molecule has 0 radical (unpaired) electrons. The monoisotopic (exact) mass is 228 g/mol. The molecule has 1 heterocycles. The SMILES string of the molecule is Nc1ccc2c(c1)n(O)c1ccccc1[n+]2=O. The minimum Gasteiger partial charge on any atom is -0.427 e. The molecule has 1 aromatic heterocycles. The minimum absolute atomic E-state index is 0.375. The van der Waals surface area contributed by atoms with E-state index < -0.39 is 0 Å². The van der Waals surface area contributed by atoms with Gasteiger partial charge in [-0.2, -0.15) is 4.73 Å². The Kier molecular flexibility index (Phi) is 1.82. The fourth-order valence-electron chi connectivity index (χ4n) is 1.96. The maximum atomic E-state index is 12.1. The molecule has 0 aliphatic heterocycles. The number of rotatable bonds is 0. The van der Waals surface area contributed by atoms with Crippen LogP contribution in [-0.2, 0) is 0 Å².